The zero-order valence-corrected chi connectivity index (χ0v) is 13.4. The van der Waals surface area contributed by atoms with Crippen LogP contribution in [0.25, 0.3) is 0 Å². The van der Waals surface area contributed by atoms with Crippen molar-refractivity contribution in [2.24, 2.45) is 0 Å². The van der Waals surface area contributed by atoms with Gasteiger partial charge in [0.15, 0.2) is 0 Å². The minimum Gasteiger partial charge on any atom is -0.325 e. The molecule has 102 valence electrons. The highest BCUT2D eigenvalue weighted by molar-refractivity contribution is 9.10. The molecule has 1 aliphatic rings. The third-order valence-electron chi connectivity index (χ3n) is 3.33. The Kier molecular flexibility index (Phi) is 3.85. The summed E-state index contributed by atoms with van der Waals surface area (Å²) in [6, 6.07) is 14.1. The summed E-state index contributed by atoms with van der Waals surface area (Å²) in [5.41, 5.74) is 3.11. The summed E-state index contributed by atoms with van der Waals surface area (Å²) in [4.78, 5) is 13.7. The number of fused-ring (bicyclic) bond motifs is 1. The molecule has 0 aromatic heterocycles. The summed E-state index contributed by atoms with van der Waals surface area (Å²) in [5, 5.41) is 3.02. The lowest BCUT2D eigenvalue weighted by molar-refractivity contribution is -0.117. The summed E-state index contributed by atoms with van der Waals surface area (Å²) in [7, 11) is 0. The van der Waals surface area contributed by atoms with Crippen LogP contribution in [0.1, 0.15) is 17.0 Å². The first kappa shape index (κ1) is 13.7. The molecule has 0 bridgehead atoms. The molecular formula is C16H14BrNOS. The van der Waals surface area contributed by atoms with E-state index in [1.165, 1.54) is 4.90 Å². The fraction of sp³-hybridized carbons (Fsp3) is 0.188. The van der Waals surface area contributed by atoms with E-state index in [4.69, 9.17) is 0 Å². The number of amides is 1. The molecule has 0 saturated carbocycles. The Balaban J connectivity index is 1.81. The van der Waals surface area contributed by atoms with Gasteiger partial charge in [-0.1, -0.05) is 34.1 Å². The zero-order valence-electron chi connectivity index (χ0n) is 11.0. The van der Waals surface area contributed by atoms with Crippen molar-refractivity contribution in [1.29, 1.82) is 0 Å². The molecule has 3 rings (SSSR count). The normalized spacial score (nSPS) is 16.8. The van der Waals surface area contributed by atoms with E-state index in [0.29, 0.717) is 0 Å². The maximum absolute atomic E-state index is 12.5. The van der Waals surface area contributed by atoms with Gasteiger partial charge < -0.3 is 5.32 Å². The molecule has 2 aromatic rings. The predicted octanol–water partition coefficient (Wildman–Crippen LogP) is 4.59. The Labute approximate surface area is 131 Å². The van der Waals surface area contributed by atoms with Crippen LogP contribution < -0.4 is 5.32 Å². The average molecular weight is 348 g/mol. The van der Waals surface area contributed by atoms with Gasteiger partial charge in [-0.25, -0.2) is 0 Å². The molecule has 1 unspecified atom stereocenters. The van der Waals surface area contributed by atoms with Gasteiger partial charge in [0.25, 0.3) is 0 Å². The number of benzene rings is 2. The molecule has 0 radical (unpaired) electrons. The van der Waals surface area contributed by atoms with E-state index in [-0.39, 0.29) is 11.8 Å². The molecule has 1 amide bonds. The molecule has 1 heterocycles. The Morgan fingerprint density at radius 1 is 1.30 bits per heavy atom. The second kappa shape index (κ2) is 5.62. The molecule has 2 aromatic carbocycles. The van der Waals surface area contributed by atoms with Crippen molar-refractivity contribution in [1.82, 2.24) is 0 Å². The number of hydrogen-bond acceptors (Lipinski definition) is 2. The summed E-state index contributed by atoms with van der Waals surface area (Å²) in [5.74, 6) is 0.827. The molecule has 20 heavy (non-hydrogen) atoms. The number of rotatable bonds is 2. The Morgan fingerprint density at radius 2 is 2.10 bits per heavy atom. The van der Waals surface area contributed by atoms with Gasteiger partial charge in [-0.3, -0.25) is 4.79 Å². The Hall–Kier alpha value is -1.26. The van der Waals surface area contributed by atoms with Gasteiger partial charge in [0.05, 0.1) is 5.92 Å². The smallest absolute Gasteiger partial charge is 0.232 e. The van der Waals surface area contributed by atoms with E-state index in [9.17, 15) is 4.79 Å². The minimum absolute atomic E-state index is 0.0597. The molecule has 2 nitrogen and oxygen atoms in total. The van der Waals surface area contributed by atoms with Crippen LogP contribution in [0.4, 0.5) is 5.69 Å². The lowest BCUT2D eigenvalue weighted by Crippen LogP contribution is -2.21. The molecule has 1 atom stereocenters. The van der Waals surface area contributed by atoms with Crippen LogP contribution in [0.5, 0.6) is 0 Å². The first-order valence-corrected chi connectivity index (χ1v) is 8.21. The summed E-state index contributed by atoms with van der Waals surface area (Å²) < 4.78 is 0.981. The number of hydrogen-bond donors (Lipinski definition) is 1. The average Bonchev–Trinajstić information content (AvgIpc) is 2.81. The van der Waals surface area contributed by atoms with Crippen molar-refractivity contribution >= 4 is 39.3 Å². The molecule has 0 spiro atoms. The third-order valence-corrected chi connectivity index (χ3v) is 4.97. The molecular weight excluding hydrogens is 334 g/mol. The highest BCUT2D eigenvalue weighted by Crippen LogP contribution is 2.39. The molecule has 1 N–H and O–H groups in total. The second-order valence-electron chi connectivity index (χ2n) is 4.91. The molecule has 0 saturated heterocycles. The van der Waals surface area contributed by atoms with Crippen molar-refractivity contribution in [2.75, 3.05) is 11.1 Å². The Morgan fingerprint density at radius 3 is 2.90 bits per heavy atom. The quantitative estimate of drug-likeness (QED) is 0.860. The van der Waals surface area contributed by atoms with E-state index < -0.39 is 0 Å². The maximum Gasteiger partial charge on any atom is 0.232 e. The summed E-state index contributed by atoms with van der Waals surface area (Å²) in [6.07, 6.45) is 0. The van der Waals surface area contributed by atoms with E-state index in [0.717, 1.165) is 27.0 Å². The molecule has 0 fully saturated rings. The number of thioether (sulfide) groups is 1. The van der Waals surface area contributed by atoms with Gasteiger partial charge in [0, 0.05) is 20.8 Å². The highest BCUT2D eigenvalue weighted by atomic mass is 79.9. The molecule has 0 aliphatic carbocycles. The second-order valence-corrected chi connectivity index (χ2v) is 6.89. The summed E-state index contributed by atoms with van der Waals surface area (Å²) >= 11 is 5.21. The van der Waals surface area contributed by atoms with Crippen molar-refractivity contribution in [3.8, 4) is 0 Å². The van der Waals surface area contributed by atoms with Crippen LogP contribution in [0.3, 0.4) is 0 Å². The largest absolute Gasteiger partial charge is 0.325 e. The first-order valence-electron chi connectivity index (χ1n) is 6.43. The van der Waals surface area contributed by atoms with Gasteiger partial charge in [-0.2, -0.15) is 0 Å². The number of halogens is 1. The first-order chi connectivity index (χ1) is 9.63. The zero-order chi connectivity index (χ0) is 14.1. The highest BCUT2D eigenvalue weighted by Gasteiger charge is 2.28. The fourth-order valence-corrected chi connectivity index (χ4v) is 4.25. The number of carbonyl (C=O) groups excluding carboxylic acids is 1. The SMILES string of the molecule is Cc1cc(Br)cc(NC(=O)C2CSc3ccccc32)c1. The van der Waals surface area contributed by atoms with Crippen molar-refractivity contribution < 1.29 is 4.79 Å². The van der Waals surface area contributed by atoms with Crippen LogP contribution >= 0.6 is 27.7 Å². The van der Waals surface area contributed by atoms with Gasteiger partial charge >= 0.3 is 0 Å². The third kappa shape index (κ3) is 2.76. The molecule has 1 aliphatic heterocycles. The monoisotopic (exact) mass is 347 g/mol. The van der Waals surface area contributed by atoms with Crippen LogP contribution in [-0.2, 0) is 4.79 Å². The predicted molar refractivity (Wildman–Crippen MR) is 87.4 cm³/mol. The summed E-state index contributed by atoms with van der Waals surface area (Å²) in [6.45, 7) is 2.02. The molecule has 4 heteroatoms. The van der Waals surface area contributed by atoms with Crippen LogP contribution in [0.2, 0.25) is 0 Å². The van der Waals surface area contributed by atoms with Crippen molar-refractivity contribution in [2.45, 2.75) is 17.7 Å². The van der Waals surface area contributed by atoms with Crippen molar-refractivity contribution in [3.05, 3.63) is 58.1 Å². The topological polar surface area (TPSA) is 29.1 Å². The number of nitrogens with one attached hydrogen (secondary N) is 1. The Bertz CT molecular complexity index is 651. The number of carbonyl (C=O) groups is 1. The number of aryl methyl sites for hydroxylation is 1. The van der Waals surface area contributed by atoms with Crippen LogP contribution in [0, 0.1) is 6.92 Å². The van der Waals surface area contributed by atoms with E-state index in [1.807, 2.05) is 43.3 Å². The standard InChI is InChI=1S/C16H14BrNOS/c1-10-6-11(17)8-12(7-10)18-16(19)14-9-20-15-5-3-2-4-13(14)15/h2-8,14H,9H2,1H3,(H,18,19). The van der Waals surface area contributed by atoms with Gasteiger partial charge in [0.1, 0.15) is 0 Å². The lowest BCUT2D eigenvalue weighted by atomic mass is 10.0. The lowest BCUT2D eigenvalue weighted by Gasteiger charge is -2.12. The maximum atomic E-state index is 12.5. The van der Waals surface area contributed by atoms with Gasteiger partial charge in [0.2, 0.25) is 5.91 Å². The van der Waals surface area contributed by atoms with E-state index in [1.54, 1.807) is 11.8 Å². The van der Waals surface area contributed by atoms with Gasteiger partial charge in [-0.15, -0.1) is 11.8 Å². The van der Waals surface area contributed by atoms with Crippen molar-refractivity contribution in [3.63, 3.8) is 0 Å². The van der Waals surface area contributed by atoms with E-state index >= 15 is 0 Å². The van der Waals surface area contributed by atoms with Crippen LogP contribution in [0.15, 0.2) is 51.8 Å². The minimum atomic E-state index is -0.0597. The van der Waals surface area contributed by atoms with Gasteiger partial charge in [-0.05, 0) is 42.3 Å². The fourth-order valence-electron chi connectivity index (χ4n) is 2.42. The number of anilines is 1. The van der Waals surface area contributed by atoms with Crippen LogP contribution in [-0.4, -0.2) is 11.7 Å². The van der Waals surface area contributed by atoms with E-state index in [2.05, 4.69) is 27.3 Å².